The van der Waals surface area contributed by atoms with Gasteiger partial charge in [0.1, 0.15) is 0 Å². The van der Waals surface area contributed by atoms with E-state index in [2.05, 4.69) is 30.3 Å². The average molecular weight is 436 g/mol. The summed E-state index contributed by atoms with van der Waals surface area (Å²) in [5.74, 6) is 0.666. The summed E-state index contributed by atoms with van der Waals surface area (Å²) in [4.78, 5) is 9.79. The van der Waals surface area contributed by atoms with E-state index in [1.807, 2.05) is 74.5 Å². The van der Waals surface area contributed by atoms with Gasteiger partial charge in [-0.1, -0.05) is 90.4 Å². The van der Waals surface area contributed by atoms with Crippen molar-refractivity contribution in [3.05, 3.63) is 91.0 Å². The molecule has 0 radical (unpaired) electrons. The van der Waals surface area contributed by atoms with Crippen molar-refractivity contribution in [2.75, 3.05) is 0 Å². The predicted octanol–water partition coefficient (Wildman–Crippen LogP) is 5.02. The highest BCUT2D eigenvalue weighted by molar-refractivity contribution is 6.47. The maximum Gasteiger partial charge on any atom is 0.309 e. The Balaban J connectivity index is 1.72. The van der Waals surface area contributed by atoms with Gasteiger partial charge in [0.05, 0.1) is 22.6 Å². The minimum Gasteiger partial charge on any atom is -0.427 e. The Morgan fingerprint density at radius 3 is 1.70 bits per heavy atom. The molecule has 1 N–H and O–H groups in total. The summed E-state index contributed by atoms with van der Waals surface area (Å²) in [7, 11) is 0.384. The lowest BCUT2D eigenvalue weighted by Gasteiger charge is -2.37. The lowest BCUT2D eigenvalue weighted by molar-refractivity contribution is -0.0893. The van der Waals surface area contributed by atoms with Gasteiger partial charge in [0.2, 0.25) is 0 Å². The first-order valence-corrected chi connectivity index (χ1v) is 11.2. The van der Waals surface area contributed by atoms with E-state index in [-0.39, 0.29) is 0 Å². The highest BCUT2D eigenvalue weighted by atomic mass is 16.5. The zero-order chi connectivity index (χ0) is 23.5. The Bertz CT molecular complexity index is 1160. The van der Waals surface area contributed by atoms with Crippen molar-refractivity contribution >= 4 is 12.9 Å². The summed E-state index contributed by atoms with van der Waals surface area (Å²) < 4.78 is 6.07. The van der Waals surface area contributed by atoms with Crippen LogP contribution in [0.5, 0.6) is 0 Å². The molecule has 4 nitrogen and oxygen atoms in total. The van der Waals surface area contributed by atoms with E-state index in [1.54, 1.807) is 13.8 Å². The lowest BCUT2D eigenvalue weighted by Crippen LogP contribution is -2.49. The molecule has 4 aromatic rings. The zero-order valence-electron chi connectivity index (χ0n) is 19.6. The van der Waals surface area contributed by atoms with Crippen molar-refractivity contribution in [1.82, 2.24) is 9.97 Å². The summed E-state index contributed by atoms with van der Waals surface area (Å²) in [5, 5.41) is 10.4. The van der Waals surface area contributed by atoms with Crippen molar-refractivity contribution in [2.45, 2.75) is 38.9 Å². The summed E-state index contributed by atoms with van der Waals surface area (Å²) in [6.07, 6.45) is 0. The molecule has 0 saturated carbocycles. The first kappa shape index (κ1) is 22.9. The molecule has 0 atom stereocenters. The molecular weight excluding hydrogens is 407 g/mol. The number of benzene rings is 3. The quantitative estimate of drug-likeness (QED) is 0.414. The summed E-state index contributed by atoms with van der Waals surface area (Å²) in [6.45, 7) is 7.32. The van der Waals surface area contributed by atoms with E-state index in [1.165, 1.54) is 0 Å². The van der Waals surface area contributed by atoms with Crippen molar-refractivity contribution in [2.24, 2.45) is 0 Å². The second-order valence-electron chi connectivity index (χ2n) is 9.25. The maximum atomic E-state index is 10.4. The molecule has 3 aromatic carbocycles. The van der Waals surface area contributed by atoms with Gasteiger partial charge in [-0.2, -0.15) is 0 Å². The first-order chi connectivity index (χ1) is 15.7. The average Bonchev–Trinajstić information content (AvgIpc) is 2.83. The van der Waals surface area contributed by atoms with Crippen LogP contribution in [-0.2, 0) is 4.65 Å². The van der Waals surface area contributed by atoms with E-state index >= 15 is 0 Å². The van der Waals surface area contributed by atoms with E-state index in [0.717, 1.165) is 33.5 Å². The summed E-state index contributed by atoms with van der Waals surface area (Å²) in [6, 6.07) is 30.4. The predicted molar refractivity (Wildman–Crippen MR) is 137 cm³/mol. The van der Waals surface area contributed by atoms with Gasteiger partial charge in [-0.05, 0) is 33.8 Å². The van der Waals surface area contributed by atoms with Crippen LogP contribution in [0.2, 0.25) is 0 Å². The van der Waals surface area contributed by atoms with Crippen LogP contribution in [0.15, 0.2) is 91.0 Å². The van der Waals surface area contributed by atoms with Crippen molar-refractivity contribution in [1.29, 1.82) is 0 Å². The Hall–Kier alpha value is -3.28. The molecule has 0 aliphatic carbocycles. The van der Waals surface area contributed by atoms with Gasteiger partial charge >= 0.3 is 7.48 Å². The first-order valence-electron chi connectivity index (χ1n) is 11.2. The third kappa shape index (κ3) is 5.38. The smallest absolute Gasteiger partial charge is 0.309 e. The molecule has 4 rings (SSSR count). The maximum absolute atomic E-state index is 10.4. The zero-order valence-corrected chi connectivity index (χ0v) is 19.6. The molecule has 0 aliphatic rings. The molecule has 1 heterocycles. The van der Waals surface area contributed by atoms with Gasteiger partial charge in [0, 0.05) is 16.7 Å². The molecular formula is C28H29BN2O2. The fraction of sp³-hybridized carbons (Fsp3) is 0.214. The van der Waals surface area contributed by atoms with Gasteiger partial charge in [-0.3, -0.25) is 0 Å². The molecule has 0 bridgehead atoms. The fourth-order valence-corrected chi connectivity index (χ4v) is 3.33. The molecule has 0 amide bonds. The van der Waals surface area contributed by atoms with Gasteiger partial charge in [-0.15, -0.1) is 0 Å². The third-order valence-electron chi connectivity index (χ3n) is 6.12. The second kappa shape index (κ2) is 9.30. The standard InChI is InChI=1S/C28H29BN2O2/c1-27(2,32)28(3,4)33-29-23-17-11-16-22(18-23)26-30-24(20-12-7-5-8-13-20)19-25(31-26)21-14-9-6-10-15-21/h5-19,29,32H,1-4H3. The lowest BCUT2D eigenvalue weighted by atomic mass is 9.82. The number of hydrogen-bond donors (Lipinski definition) is 1. The minimum atomic E-state index is -0.956. The third-order valence-corrected chi connectivity index (χ3v) is 6.12. The number of hydrogen-bond acceptors (Lipinski definition) is 4. The van der Waals surface area contributed by atoms with Crippen LogP contribution in [0, 0.1) is 0 Å². The topological polar surface area (TPSA) is 55.2 Å². The van der Waals surface area contributed by atoms with Crippen molar-refractivity contribution in [3.63, 3.8) is 0 Å². The molecule has 166 valence electrons. The normalized spacial score (nSPS) is 11.9. The molecule has 1 aromatic heterocycles. The molecule has 0 saturated heterocycles. The van der Waals surface area contributed by atoms with Gasteiger partial charge in [0.25, 0.3) is 0 Å². The number of aromatic nitrogens is 2. The van der Waals surface area contributed by atoms with E-state index < -0.39 is 11.2 Å². The SMILES string of the molecule is CC(C)(O)C(C)(C)OBc1cccc(-c2nc(-c3ccccc3)cc(-c3ccccc3)n2)c1. The van der Waals surface area contributed by atoms with Crippen LogP contribution >= 0.6 is 0 Å². The molecule has 0 spiro atoms. The number of rotatable bonds is 7. The Morgan fingerprint density at radius 2 is 1.18 bits per heavy atom. The molecule has 0 fully saturated rings. The second-order valence-corrected chi connectivity index (χ2v) is 9.25. The Morgan fingerprint density at radius 1 is 0.667 bits per heavy atom. The van der Waals surface area contributed by atoms with Gasteiger partial charge < -0.3 is 9.76 Å². The van der Waals surface area contributed by atoms with Crippen LogP contribution < -0.4 is 5.46 Å². The fourth-order valence-electron chi connectivity index (χ4n) is 3.33. The van der Waals surface area contributed by atoms with Crippen LogP contribution in [-0.4, -0.2) is 33.8 Å². The van der Waals surface area contributed by atoms with E-state index in [4.69, 9.17) is 14.6 Å². The summed E-state index contributed by atoms with van der Waals surface area (Å²) >= 11 is 0. The van der Waals surface area contributed by atoms with Crippen LogP contribution in [0.1, 0.15) is 27.7 Å². The molecule has 33 heavy (non-hydrogen) atoms. The van der Waals surface area contributed by atoms with Gasteiger partial charge in [0.15, 0.2) is 5.82 Å². The highest BCUT2D eigenvalue weighted by Gasteiger charge is 2.35. The number of nitrogens with zero attached hydrogens (tertiary/aromatic N) is 2. The monoisotopic (exact) mass is 436 g/mol. The summed E-state index contributed by atoms with van der Waals surface area (Å²) in [5.41, 5.74) is 4.13. The van der Waals surface area contributed by atoms with E-state index in [0.29, 0.717) is 13.3 Å². The van der Waals surface area contributed by atoms with Crippen LogP contribution in [0.25, 0.3) is 33.9 Å². The number of aliphatic hydroxyl groups is 1. The Kier molecular flexibility index (Phi) is 6.45. The molecule has 0 aliphatic heterocycles. The largest absolute Gasteiger partial charge is 0.427 e. The van der Waals surface area contributed by atoms with Gasteiger partial charge in [-0.25, -0.2) is 9.97 Å². The van der Waals surface area contributed by atoms with E-state index in [9.17, 15) is 5.11 Å². The molecule has 0 unspecified atom stereocenters. The minimum absolute atomic E-state index is 0.384. The van der Waals surface area contributed by atoms with Crippen molar-refractivity contribution in [3.8, 4) is 33.9 Å². The molecule has 5 heteroatoms. The highest BCUT2D eigenvalue weighted by Crippen LogP contribution is 2.27. The van der Waals surface area contributed by atoms with Crippen LogP contribution in [0.3, 0.4) is 0 Å². The van der Waals surface area contributed by atoms with Crippen molar-refractivity contribution < 1.29 is 9.76 Å². The van der Waals surface area contributed by atoms with Crippen LogP contribution in [0.4, 0.5) is 0 Å². The Labute approximate surface area is 196 Å².